The molecule has 26 heavy (non-hydrogen) atoms. The predicted octanol–water partition coefficient (Wildman–Crippen LogP) is 2.89. The van der Waals surface area contributed by atoms with E-state index in [4.69, 9.17) is 17.0 Å². The molecule has 0 aliphatic carbocycles. The average molecular weight is 390 g/mol. The third kappa shape index (κ3) is 6.30. The van der Waals surface area contributed by atoms with Gasteiger partial charge >= 0.3 is 0 Å². The van der Waals surface area contributed by atoms with E-state index >= 15 is 0 Å². The predicted molar refractivity (Wildman–Crippen MR) is 107 cm³/mol. The molecule has 0 radical (unpaired) electrons. The van der Waals surface area contributed by atoms with E-state index < -0.39 is 11.8 Å². The molecule has 6 nitrogen and oxygen atoms in total. The highest BCUT2D eigenvalue weighted by Crippen LogP contribution is 2.17. The van der Waals surface area contributed by atoms with Crippen LogP contribution in [-0.4, -0.2) is 23.5 Å². The minimum absolute atomic E-state index is 0.00821. The molecule has 0 spiro atoms. The van der Waals surface area contributed by atoms with Gasteiger partial charge in [0, 0.05) is 11.0 Å². The highest BCUT2D eigenvalue weighted by atomic mass is 32.1. The van der Waals surface area contributed by atoms with Gasteiger partial charge in [-0.15, -0.1) is 11.3 Å². The molecule has 0 fully saturated rings. The number of carbonyl (C=O) groups is 2. The van der Waals surface area contributed by atoms with Crippen molar-refractivity contribution in [2.75, 3.05) is 6.61 Å². The molecule has 0 saturated carbocycles. The number of amides is 2. The largest absolute Gasteiger partial charge is 0.493 e. The van der Waals surface area contributed by atoms with E-state index in [-0.39, 0.29) is 5.11 Å². The number of rotatable bonds is 6. The lowest BCUT2D eigenvalue weighted by molar-refractivity contribution is -0.115. The van der Waals surface area contributed by atoms with Crippen molar-refractivity contribution >= 4 is 46.6 Å². The van der Waals surface area contributed by atoms with Gasteiger partial charge < -0.3 is 4.74 Å². The summed E-state index contributed by atoms with van der Waals surface area (Å²) in [6, 6.07) is 10.7. The molecular formula is C18H19N3O3S2. The number of benzene rings is 1. The number of carbonyl (C=O) groups excluding carboxylic acids is 2. The molecule has 0 unspecified atom stereocenters. The summed E-state index contributed by atoms with van der Waals surface area (Å²) in [7, 11) is 0. The maximum absolute atomic E-state index is 12.3. The Balaban J connectivity index is 1.83. The molecule has 3 N–H and O–H groups in total. The highest BCUT2D eigenvalue weighted by Gasteiger charge is 2.12. The third-order valence-corrected chi connectivity index (χ3v) is 4.10. The zero-order chi connectivity index (χ0) is 18.8. The molecule has 2 rings (SSSR count). The Bertz CT molecular complexity index is 789. The lowest BCUT2D eigenvalue weighted by Gasteiger charge is -2.12. The second-order valence-corrected chi connectivity index (χ2v) is 6.48. The Morgan fingerprint density at radius 1 is 1.19 bits per heavy atom. The monoisotopic (exact) mass is 389 g/mol. The van der Waals surface area contributed by atoms with E-state index in [0.717, 1.165) is 11.3 Å². The number of thiophene rings is 1. The summed E-state index contributed by atoms with van der Waals surface area (Å²) in [5.41, 5.74) is 5.32. The number of nitrogens with one attached hydrogen (secondary N) is 3. The van der Waals surface area contributed by atoms with Crippen molar-refractivity contribution < 1.29 is 14.3 Å². The van der Waals surface area contributed by atoms with Gasteiger partial charge in [0.1, 0.15) is 5.75 Å². The third-order valence-electron chi connectivity index (χ3n) is 3.06. The Kier molecular flexibility index (Phi) is 7.78. The Hall–Kier alpha value is -2.71. The van der Waals surface area contributed by atoms with Crippen LogP contribution in [0.25, 0.3) is 6.08 Å². The van der Waals surface area contributed by atoms with E-state index in [2.05, 4.69) is 16.2 Å². The quantitative estimate of drug-likeness (QED) is 0.402. The van der Waals surface area contributed by atoms with Crippen LogP contribution in [0.1, 0.15) is 28.6 Å². The van der Waals surface area contributed by atoms with Crippen LogP contribution >= 0.6 is 23.6 Å². The Labute approximate surface area is 161 Å². The molecule has 0 aliphatic rings. The summed E-state index contributed by atoms with van der Waals surface area (Å²) in [6.07, 6.45) is 3.89. The second kappa shape index (κ2) is 10.3. The van der Waals surface area contributed by atoms with E-state index in [1.54, 1.807) is 30.3 Å². The summed E-state index contributed by atoms with van der Waals surface area (Å²) < 4.78 is 5.55. The first-order chi connectivity index (χ1) is 12.6. The first-order valence-corrected chi connectivity index (χ1v) is 9.23. The molecule has 1 aromatic heterocycles. The van der Waals surface area contributed by atoms with Crippen molar-refractivity contribution in [2.45, 2.75) is 13.3 Å². The number of hydrogen-bond acceptors (Lipinski definition) is 5. The zero-order valence-electron chi connectivity index (χ0n) is 14.2. The molecule has 136 valence electrons. The number of para-hydroxylation sites is 1. The van der Waals surface area contributed by atoms with Crippen LogP contribution < -0.4 is 20.9 Å². The normalized spacial score (nSPS) is 10.3. The van der Waals surface area contributed by atoms with Gasteiger partial charge in [-0.1, -0.05) is 25.1 Å². The fraction of sp³-hybridized carbons (Fsp3) is 0.167. The van der Waals surface area contributed by atoms with Gasteiger partial charge in [0.05, 0.1) is 12.2 Å². The van der Waals surface area contributed by atoms with Crippen LogP contribution in [-0.2, 0) is 4.79 Å². The van der Waals surface area contributed by atoms with Crippen LogP contribution in [0.5, 0.6) is 5.75 Å². The molecule has 1 heterocycles. The number of hydrazine groups is 1. The van der Waals surface area contributed by atoms with Gasteiger partial charge in [0.15, 0.2) is 5.11 Å². The molecule has 0 atom stereocenters. The summed E-state index contributed by atoms with van der Waals surface area (Å²) in [6.45, 7) is 2.50. The summed E-state index contributed by atoms with van der Waals surface area (Å²) in [4.78, 5) is 25.0. The molecule has 0 bridgehead atoms. The van der Waals surface area contributed by atoms with Crippen LogP contribution in [0.2, 0.25) is 0 Å². The lowest BCUT2D eigenvalue weighted by Crippen LogP contribution is -2.48. The second-order valence-electron chi connectivity index (χ2n) is 5.09. The SMILES string of the molecule is CCCOc1ccccc1C(=O)NNC(=S)NC(=O)C=Cc1cccs1. The van der Waals surface area contributed by atoms with Gasteiger partial charge in [0.25, 0.3) is 5.91 Å². The van der Waals surface area contributed by atoms with Crippen LogP contribution in [0.3, 0.4) is 0 Å². The molecule has 2 amide bonds. The van der Waals surface area contributed by atoms with Crippen LogP contribution in [0.15, 0.2) is 47.9 Å². The maximum Gasteiger partial charge on any atom is 0.273 e. The number of thiocarbonyl (C=S) groups is 1. The number of hydrogen-bond donors (Lipinski definition) is 3. The van der Waals surface area contributed by atoms with Crippen LogP contribution in [0.4, 0.5) is 0 Å². The molecular weight excluding hydrogens is 370 g/mol. The summed E-state index contributed by atoms with van der Waals surface area (Å²) in [5.74, 6) is -0.318. The van der Waals surface area contributed by atoms with Gasteiger partial charge in [-0.2, -0.15) is 0 Å². The van der Waals surface area contributed by atoms with Crippen molar-refractivity contribution in [3.05, 3.63) is 58.3 Å². The lowest BCUT2D eigenvalue weighted by atomic mass is 10.2. The first-order valence-electron chi connectivity index (χ1n) is 7.95. The molecule has 1 aromatic carbocycles. The minimum atomic E-state index is -0.414. The fourth-order valence-electron chi connectivity index (χ4n) is 1.90. The molecule has 0 saturated heterocycles. The molecule has 0 aliphatic heterocycles. The Morgan fingerprint density at radius 3 is 2.73 bits per heavy atom. The van der Waals surface area contributed by atoms with Crippen molar-refractivity contribution in [2.24, 2.45) is 0 Å². The first kappa shape index (κ1) is 19.6. The van der Waals surface area contributed by atoms with Gasteiger partial charge in [0.2, 0.25) is 5.91 Å². The number of ether oxygens (including phenoxy) is 1. The van der Waals surface area contributed by atoms with Crippen molar-refractivity contribution in [3.8, 4) is 5.75 Å². The molecule has 2 aromatic rings. The van der Waals surface area contributed by atoms with Crippen LogP contribution in [0, 0.1) is 0 Å². The average Bonchev–Trinajstić information content (AvgIpc) is 3.16. The Morgan fingerprint density at radius 2 is 2.00 bits per heavy atom. The van der Waals surface area contributed by atoms with Crippen molar-refractivity contribution in [3.63, 3.8) is 0 Å². The van der Waals surface area contributed by atoms with Gasteiger partial charge in [-0.3, -0.25) is 25.8 Å². The maximum atomic E-state index is 12.3. The standard InChI is InChI=1S/C18H19N3O3S2/c1-2-11-24-15-8-4-3-7-14(15)17(23)20-21-18(25)19-16(22)10-9-13-6-5-12-26-13/h3-10,12H,2,11H2,1H3,(H,20,23)(H2,19,21,22,25). The minimum Gasteiger partial charge on any atom is -0.493 e. The van der Waals surface area contributed by atoms with Crippen molar-refractivity contribution in [1.82, 2.24) is 16.2 Å². The fourth-order valence-corrected chi connectivity index (χ4v) is 2.67. The smallest absolute Gasteiger partial charge is 0.273 e. The zero-order valence-corrected chi connectivity index (χ0v) is 15.8. The van der Waals surface area contributed by atoms with E-state index in [0.29, 0.717) is 17.9 Å². The highest BCUT2D eigenvalue weighted by molar-refractivity contribution is 7.80. The topological polar surface area (TPSA) is 79.5 Å². The van der Waals surface area contributed by atoms with Gasteiger partial charge in [-0.25, -0.2) is 0 Å². The summed E-state index contributed by atoms with van der Waals surface area (Å²) >= 11 is 6.51. The summed E-state index contributed by atoms with van der Waals surface area (Å²) in [5, 5.41) is 4.36. The van der Waals surface area contributed by atoms with E-state index in [1.165, 1.54) is 17.4 Å². The van der Waals surface area contributed by atoms with Gasteiger partial charge in [-0.05, 0) is 48.3 Å². The molecule has 8 heteroatoms. The van der Waals surface area contributed by atoms with E-state index in [1.807, 2.05) is 24.4 Å². The van der Waals surface area contributed by atoms with Crippen molar-refractivity contribution in [1.29, 1.82) is 0 Å². The van der Waals surface area contributed by atoms with E-state index in [9.17, 15) is 9.59 Å².